The first-order valence-corrected chi connectivity index (χ1v) is 11.0. The number of thiophene rings is 1. The molecule has 0 aliphatic carbocycles. The average molecular weight is 464 g/mol. The van der Waals surface area contributed by atoms with E-state index in [4.69, 9.17) is 15.5 Å². The Bertz CT molecular complexity index is 1340. The molecule has 3 aromatic heterocycles. The van der Waals surface area contributed by atoms with E-state index in [1.807, 2.05) is 44.2 Å². The van der Waals surface area contributed by atoms with E-state index in [1.165, 1.54) is 6.07 Å². The maximum atomic E-state index is 13.0. The standard InChI is InChI=1S/C23H21N5O4S/c1-13(2)28-21-17(11-25-28)16(10-18(26-21)14-6-4-3-5-7-14)23(31)32-12-19(29)27-22-15(20(24)30)8-9-33-22/h3-11,13H,12H2,1-2H3,(H2,24,30)(H,27,29). The summed E-state index contributed by atoms with van der Waals surface area (Å²) in [5, 5.41) is 9.38. The van der Waals surface area contributed by atoms with Gasteiger partial charge in [0.1, 0.15) is 5.00 Å². The fraction of sp³-hybridized carbons (Fsp3) is 0.174. The number of primary amides is 1. The number of esters is 1. The topological polar surface area (TPSA) is 129 Å². The van der Waals surface area contributed by atoms with Gasteiger partial charge in [0.15, 0.2) is 12.3 Å². The predicted molar refractivity (Wildman–Crippen MR) is 125 cm³/mol. The van der Waals surface area contributed by atoms with Gasteiger partial charge in [0.05, 0.1) is 28.4 Å². The number of nitrogens with zero attached hydrogens (tertiary/aromatic N) is 3. The van der Waals surface area contributed by atoms with Crippen LogP contribution in [0.2, 0.25) is 0 Å². The van der Waals surface area contributed by atoms with Gasteiger partial charge in [0.2, 0.25) is 0 Å². The molecule has 1 aromatic carbocycles. The molecule has 0 aliphatic rings. The van der Waals surface area contributed by atoms with Gasteiger partial charge in [0, 0.05) is 11.6 Å². The number of fused-ring (bicyclic) bond motifs is 1. The van der Waals surface area contributed by atoms with Crippen molar-refractivity contribution >= 4 is 45.2 Å². The zero-order chi connectivity index (χ0) is 23.5. The van der Waals surface area contributed by atoms with Crippen LogP contribution in [0.15, 0.2) is 54.0 Å². The largest absolute Gasteiger partial charge is 0.452 e. The van der Waals surface area contributed by atoms with Crippen molar-refractivity contribution in [2.75, 3.05) is 11.9 Å². The molecular formula is C23H21N5O4S. The smallest absolute Gasteiger partial charge is 0.339 e. The lowest BCUT2D eigenvalue weighted by Crippen LogP contribution is -2.22. The molecule has 9 nitrogen and oxygen atoms in total. The maximum absolute atomic E-state index is 13.0. The highest BCUT2D eigenvalue weighted by Crippen LogP contribution is 2.27. The Morgan fingerprint density at radius 3 is 2.61 bits per heavy atom. The zero-order valence-corrected chi connectivity index (χ0v) is 18.8. The van der Waals surface area contributed by atoms with Crippen molar-refractivity contribution in [1.82, 2.24) is 14.8 Å². The SMILES string of the molecule is CC(C)n1ncc2c(C(=O)OCC(=O)Nc3sccc3C(N)=O)cc(-c3ccccc3)nc21. The number of nitrogens with two attached hydrogens (primary N) is 1. The number of benzene rings is 1. The van der Waals surface area contributed by atoms with E-state index in [9.17, 15) is 14.4 Å². The van der Waals surface area contributed by atoms with Gasteiger partial charge < -0.3 is 15.8 Å². The summed E-state index contributed by atoms with van der Waals surface area (Å²) in [5.41, 5.74) is 7.71. The Morgan fingerprint density at radius 2 is 1.91 bits per heavy atom. The molecule has 33 heavy (non-hydrogen) atoms. The van der Waals surface area contributed by atoms with Crippen molar-refractivity contribution in [3.05, 3.63) is 65.2 Å². The van der Waals surface area contributed by atoms with Gasteiger partial charge >= 0.3 is 5.97 Å². The second kappa shape index (κ2) is 9.21. The van der Waals surface area contributed by atoms with Crippen LogP contribution in [-0.4, -0.2) is 39.2 Å². The van der Waals surface area contributed by atoms with Crippen LogP contribution in [0.3, 0.4) is 0 Å². The molecule has 0 unspecified atom stereocenters. The minimum Gasteiger partial charge on any atom is -0.452 e. The van der Waals surface area contributed by atoms with Crippen molar-refractivity contribution in [2.45, 2.75) is 19.9 Å². The molecule has 10 heteroatoms. The van der Waals surface area contributed by atoms with Gasteiger partial charge in [-0.25, -0.2) is 14.5 Å². The molecule has 168 valence electrons. The summed E-state index contributed by atoms with van der Waals surface area (Å²) in [4.78, 5) is 41.4. The van der Waals surface area contributed by atoms with E-state index >= 15 is 0 Å². The van der Waals surface area contributed by atoms with Gasteiger partial charge in [-0.15, -0.1) is 11.3 Å². The highest BCUT2D eigenvalue weighted by atomic mass is 32.1. The molecule has 3 N–H and O–H groups in total. The highest BCUT2D eigenvalue weighted by molar-refractivity contribution is 7.14. The number of carbonyl (C=O) groups is 3. The number of carbonyl (C=O) groups excluding carboxylic acids is 3. The predicted octanol–water partition coefficient (Wildman–Crippen LogP) is 3.64. The fourth-order valence-electron chi connectivity index (χ4n) is 3.29. The van der Waals surface area contributed by atoms with Gasteiger partial charge in [-0.05, 0) is 31.4 Å². The number of hydrogen-bond acceptors (Lipinski definition) is 7. The molecule has 0 fully saturated rings. The fourth-order valence-corrected chi connectivity index (χ4v) is 4.10. The van der Waals surface area contributed by atoms with Gasteiger partial charge in [-0.2, -0.15) is 5.10 Å². The van der Waals surface area contributed by atoms with Gasteiger partial charge in [-0.1, -0.05) is 30.3 Å². The van der Waals surface area contributed by atoms with Crippen molar-refractivity contribution in [3.8, 4) is 11.3 Å². The molecule has 0 atom stereocenters. The maximum Gasteiger partial charge on any atom is 0.339 e. The van der Waals surface area contributed by atoms with Crippen LogP contribution in [0.5, 0.6) is 0 Å². The van der Waals surface area contributed by atoms with Crippen molar-refractivity contribution < 1.29 is 19.1 Å². The third-order valence-electron chi connectivity index (χ3n) is 4.86. The Kier molecular flexibility index (Phi) is 6.18. The van der Waals surface area contributed by atoms with Crippen LogP contribution in [0.25, 0.3) is 22.3 Å². The quantitative estimate of drug-likeness (QED) is 0.403. The molecule has 0 aliphatic heterocycles. The minimum atomic E-state index is -0.681. The Labute approximate surface area is 193 Å². The van der Waals surface area contributed by atoms with Gasteiger partial charge in [0.25, 0.3) is 11.8 Å². The first-order chi connectivity index (χ1) is 15.8. The first kappa shape index (κ1) is 22.2. The number of aromatic nitrogens is 3. The number of rotatable bonds is 7. The molecule has 0 saturated heterocycles. The summed E-state index contributed by atoms with van der Waals surface area (Å²) in [7, 11) is 0. The number of amides is 2. The van der Waals surface area contributed by atoms with Gasteiger partial charge in [-0.3, -0.25) is 9.59 Å². The molecule has 4 rings (SSSR count). The van der Waals surface area contributed by atoms with E-state index in [-0.39, 0.29) is 17.2 Å². The molecule has 2 amide bonds. The van der Waals surface area contributed by atoms with E-state index in [0.717, 1.165) is 16.9 Å². The normalized spacial score (nSPS) is 11.0. The number of ether oxygens (including phenoxy) is 1. The monoisotopic (exact) mass is 463 g/mol. The molecule has 4 aromatic rings. The third kappa shape index (κ3) is 4.60. The van der Waals surface area contributed by atoms with Crippen LogP contribution >= 0.6 is 11.3 Å². The summed E-state index contributed by atoms with van der Waals surface area (Å²) in [5.74, 6) is -1.92. The number of pyridine rings is 1. The Morgan fingerprint density at radius 1 is 1.15 bits per heavy atom. The Hall–Kier alpha value is -4.05. The van der Waals surface area contributed by atoms with Crippen LogP contribution < -0.4 is 11.1 Å². The van der Waals surface area contributed by atoms with E-state index < -0.39 is 24.4 Å². The van der Waals surface area contributed by atoms with Crippen LogP contribution in [-0.2, 0) is 9.53 Å². The second-order valence-electron chi connectivity index (χ2n) is 7.49. The lowest BCUT2D eigenvalue weighted by molar-refractivity contribution is -0.119. The highest BCUT2D eigenvalue weighted by Gasteiger charge is 2.21. The zero-order valence-electron chi connectivity index (χ0n) is 17.9. The number of hydrogen-bond donors (Lipinski definition) is 2. The molecule has 0 saturated carbocycles. The summed E-state index contributed by atoms with van der Waals surface area (Å²) >= 11 is 1.15. The molecule has 0 bridgehead atoms. The van der Waals surface area contributed by atoms with Crippen LogP contribution in [0, 0.1) is 0 Å². The van der Waals surface area contributed by atoms with E-state index in [1.54, 1.807) is 22.3 Å². The summed E-state index contributed by atoms with van der Waals surface area (Å²) in [6.45, 7) is 3.41. The molecule has 0 spiro atoms. The molecular weight excluding hydrogens is 442 g/mol. The van der Waals surface area contributed by atoms with Crippen molar-refractivity contribution in [1.29, 1.82) is 0 Å². The lowest BCUT2D eigenvalue weighted by atomic mass is 10.1. The van der Waals surface area contributed by atoms with E-state index in [0.29, 0.717) is 21.7 Å². The second-order valence-corrected chi connectivity index (χ2v) is 8.41. The summed E-state index contributed by atoms with van der Waals surface area (Å²) in [6, 6.07) is 12.6. The Balaban J connectivity index is 1.60. The van der Waals surface area contributed by atoms with Crippen LogP contribution in [0.4, 0.5) is 5.00 Å². The summed E-state index contributed by atoms with van der Waals surface area (Å²) in [6.07, 6.45) is 1.57. The van der Waals surface area contributed by atoms with E-state index in [2.05, 4.69) is 10.4 Å². The molecule has 3 heterocycles. The molecule has 0 radical (unpaired) electrons. The summed E-state index contributed by atoms with van der Waals surface area (Å²) < 4.78 is 7.01. The number of nitrogens with one attached hydrogen (secondary N) is 1. The first-order valence-electron chi connectivity index (χ1n) is 10.1. The number of anilines is 1. The lowest BCUT2D eigenvalue weighted by Gasteiger charge is -2.11. The van der Waals surface area contributed by atoms with Crippen molar-refractivity contribution in [3.63, 3.8) is 0 Å². The average Bonchev–Trinajstić information content (AvgIpc) is 3.44. The third-order valence-corrected chi connectivity index (χ3v) is 5.69. The minimum absolute atomic E-state index is 0.0286. The van der Waals surface area contributed by atoms with Crippen molar-refractivity contribution in [2.24, 2.45) is 5.73 Å². The van der Waals surface area contributed by atoms with Crippen LogP contribution in [0.1, 0.15) is 40.6 Å².